The molecule has 6 heteroatoms. The van der Waals surface area contributed by atoms with Crippen LogP contribution in [0.4, 0.5) is 8.78 Å². The van der Waals surface area contributed by atoms with Crippen molar-refractivity contribution >= 4 is 39.9 Å². The van der Waals surface area contributed by atoms with Gasteiger partial charge in [0.15, 0.2) is 5.78 Å². The van der Waals surface area contributed by atoms with E-state index in [9.17, 15) is 13.6 Å². The second kappa shape index (κ2) is 8.27. The van der Waals surface area contributed by atoms with E-state index in [-0.39, 0.29) is 18.6 Å². The van der Waals surface area contributed by atoms with E-state index in [1.54, 1.807) is 42.5 Å². The predicted octanol–water partition coefficient (Wildman–Crippen LogP) is 7.35. The number of carbonyl (C=O) groups is 1. The Bertz CT molecular complexity index is 1240. The summed E-state index contributed by atoms with van der Waals surface area (Å²) in [4.78, 5) is 17.0. The third-order valence-electron chi connectivity index (χ3n) is 4.35. The van der Waals surface area contributed by atoms with Crippen LogP contribution in [-0.4, -0.2) is 10.8 Å². The molecule has 4 rings (SSSR count). The van der Waals surface area contributed by atoms with Crippen LogP contribution in [0.3, 0.4) is 0 Å². The number of pyridine rings is 1. The molecule has 0 aliphatic carbocycles. The second-order valence-electron chi connectivity index (χ2n) is 6.19. The van der Waals surface area contributed by atoms with Crippen molar-refractivity contribution in [2.75, 3.05) is 0 Å². The van der Waals surface area contributed by atoms with E-state index in [1.807, 2.05) is 6.07 Å². The van der Waals surface area contributed by atoms with Gasteiger partial charge in [-0.15, -0.1) is 0 Å². The largest absolute Gasteiger partial charge is 0.288 e. The number of halogens is 4. The highest BCUT2D eigenvalue weighted by molar-refractivity contribution is 6.31. The number of aromatic nitrogens is 1. The molecule has 1 aromatic heterocycles. The summed E-state index contributed by atoms with van der Waals surface area (Å²) in [6.45, 7) is 0. The minimum absolute atomic E-state index is 0. The first-order valence-electron chi connectivity index (χ1n) is 8.28. The number of fused-ring (bicyclic) bond motifs is 1. The fourth-order valence-electron chi connectivity index (χ4n) is 3.06. The summed E-state index contributed by atoms with van der Waals surface area (Å²) in [6.07, 6.45) is 0. The molecule has 0 spiro atoms. The lowest BCUT2D eigenvalue weighted by atomic mass is 9.96. The first-order chi connectivity index (χ1) is 13.4. The number of rotatable bonds is 3. The number of nitrogens with zero attached hydrogens (tertiary/aromatic N) is 1. The zero-order valence-corrected chi connectivity index (χ0v) is 15.7. The third-order valence-corrected chi connectivity index (χ3v) is 4.78. The van der Waals surface area contributed by atoms with Gasteiger partial charge in [0.2, 0.25) is 0 Å². The van der Waals surface area contributed by atoms with Gasteiger partial charge in [0, 0.05) is 22.0 Å². The molecule has 0 saturated heterocycles. The Morgan fingerprint density at radius 1 is 0.897 bits per heavy atom. The molecule has 3 aromatic carbocycles. The van der Waals surface area contributed by atoms with Crippen molar-refractivity contribution in [2.24, 2.45) is 0 Å². The van der Waals surface area contributed by atoms with Crippen LogP contribution in [0.2, 0.25) is 10.2 Å². The molecule has 0 atom stereocenters. The molecule has 29 heavy (non-hydrogen) atoms. The molecule has 2 nitrogen and oxygen atoms in total. The molecule has 0 aliphatic rings. The van der Waals surface area contributed by atoms with E-state index < -0.39 is 17.4 Å². The lowest BCUT2D eigenvalue weighted by Crippen LogP contribution is -2.05. The highest BCUT2D eigenvalue weighted by Gasteiger charge is 2.17. The van der Waals surface area contributed by atoms with Crippen molar-refractivity contribution in [2.45, 2.75) is 7.43 Å². The van der Waals surface area contributed by atoms with Gasteiger partial charge in [-0.1, -0.05) is 42.8 Å². The molecular weight excluding hydrogens is 415 g/mol. The van der Waals surface area contributed by atoms with Crippen LogP contribution in [0.5, 0.6) is 0 Å². The van der Waals surface area contributed by atoms with Gasteiger partial charge in [0.05, 0.1) is 11.1 Å². The Kier molecular flexibility index (Phi) is 5.96. The average molecular weight is 430 g/mol. The summed E-state index contributed by atoms with van der Waals surface area (Å²) in [7, 11) is 0. The highest BCUT2D eigenvalue weighted by atomic mass is 35.5. The van der Waals surface area contributed by atoms with Crippen LogP contribution in [0.25, 0.3) is 22.0 Å². The van der Waals surface area contributed by atoms with Crippen molar-refractivity contribution in [1.29, 1.82) is 0 Å². The maximum absolute atomic E-state index is 14.0. The first-order valence-corrected chi connectivity index (χ1v) is 9.04. The maximum Gasteiger partial charge on any atom is 0.195 e. The summed E-state index contributed by atoms with van der Waals surface area (Å²) in [6, 6.07) is 16.6. The molecule has 0 bridgehead atoms. The molecule has 0 saturated carbocycles. The summed E-state index contributed by atoms with van der Waals surface area (Å²) < 4.78 is 27.2. The minimum atomic E-state index is -0.908. The third kappa shape index (κ3) is 4.14. The van der Waals surface area contributed by atoms with E-state index in [0.29, 0.717) is 27.1 Å². The Morgan fingerprint density at radius 3 is 2.41 bits per heavy atom. The molecule has 1 heterocycles. The SMILES string of the molecule is C.O=C(c1ccc2nc(Cl)cc(-c3cccc(Cl)c3)c2c1)c1ccc(F)cc1F. The standard InChI is InChI=1S/C22H11Cl2F2NO.CH4/c23-14-3-1-2-12(8-14)17-11-21(24)27-20-7-4-13(9-18(17)20)22(28)16-6-5-15(25)10-19(16)26;/h1-11H;1H4. The smallest absolute Gasteiger partial charge is 0.195 e. The predicted molar refractivity (Wildman–Crippen MR) is 114 cm³/mol. The van der Waals surface area contributed by atoms with E-state index in [0.717, 1.165) is 23.3 Å². The van der Waals surface area contributed by atoms with Crippen LogP contribution in [0.15, 0.2) is 66.7 Å². The molecule has 146 valence electrons. The Balaban J connectivity index is 0.00000240. The number of hydrogen-bond acceptors (Lipinski definition) is 2. The van der Waals surface area contributed by atoms with Gasteiger partial charge >= 0.3 is 0 Å². The van der Waals surface area contributed by atoms with Crippen LogP contribution in [0.1, 0.15) is 23.3 Å². The summed E-state index contributed by atoms with van der Waals surface area (Å²) >= 11 is 12.3. The quantitative estimate of drug-likeness (QED) is 0.251. The van der Waals surface area contributed by atoms with Crippen LogP contribution < -0.4 is 0 Å². The lowest BCUT2D eigenvalue weighted by molar-refractivity contribution is 0.103. The summed E-state index contributed by atoms with van der Waals surface area (Å²) in [5, 5.41) is 1.52. The van der Waals surface area contributed by atoms with Crippen molar-refractivity contribution in [3.05, 3.63) is 99.7 Å². The molecule has 0 unspecified atom stereocenters. The normalized spacial score (nSPS) is 10.6. The Labute approximate surface area is 176 Å². The minimum Gasteiger partial charge on any atom is -0.288 e. The van der Waals surface area contributed by atoms with E-state index in [4.69, 9.17) is 23.2 Å². The van der Waals surface area contributed by atoms with Crippen LogP contribution in [-0.2, 0) is 0 Å². The van der Waals surface area contributed by atoms with Gasteiger partial charge < -0.3 is 0 Å². The second-order valence-corrected chi connectivity index (χ2v) is 7.01. The highest BCUT2D eigenvalue weighted by Crippen LogP contribution is 2.32. The van der Waals surface area contributed by atoms with Crippen LogP contribution in [0, 0.1) is 11.6 Å². The van der Waals surface area contributed by atoms with Gasteiger partial charge in [0.25, 0.3) is 0 Å². The number of hydrogen-bond donors (Lipinski definition) is 0. The van der Waals surface area contributed by atoms with Crippen molar-refractivity contribution in [3.8, 4) is 11.1 Å². The first kappa shape index (κ1) is 20.9. The van der Waals surface area contributed by atoms with E-state index in [2.05, 4.69) is 4.98 Å². The Hall–Kier alpha value is -2.82. The number of benzene rings is 3. The van der Waals surface area contributed by atoms with Gasteiger partial charge in [0.1, 0.15) is 16.8 Å². The zero-order chi connectivity index (χ0) is 19.8. The van der Waals surface area contributed by atoms with Crippen molar-refractivity contribution in [3.63, 3.8) is 0 Å². The van der Waals surface area contributed by atoms with Gasteiger partial charge in [-0.25, -0.2) is 13.8 Å². The van der Waals surface area contributed by atoms with Crippen molar-refractivity contribution < 1.29 is 13.6 Å². The fourth-order valence-corrected chi connectivity index (χ4v) is 3.45. The van der Waals surface area contributed by atoms with Crippen molar-refractivity contribution in [1.82, 2.24) is 4.98 Å². The Morgan fingerprint density at radius 2 is 1.69 bits per heavy atom. The lowest BCUT2D eigenvalue weighted by Gasteiger charge is -2.10. The number of ketones is 1. The number of carbonyl (C=O) groups excluding carboxylic acids is 1. The van der Waals surface area contributed by atoms with Gasteiger partial charge in [-0.2, -0.15) is 0 Å². The van der Waals surface area contributed by atoms with E-state index in [1.165, 1.54) is 0 Å². The van der Waals surface area contributed by atoms with E-state index >= 15 is 0 Å². The topological polar surface area (TPSA) is 30.0 Å². The van der Waals surface area contributed by atoms with Gasteiger partial charge in [-0.3, -0.25) is 4.79 Å². The molecule has 0 fully saturated rings. The molecular formula is C23H15Cl2F2NO. The summed E-state index contributed by atoms with van der Waals surface area (Å²) in [5.41, 5.74) is 2.18. The molecule has 0 N–H and O–H groups in total. The average Bonchev–Trinajstić information content (AvgIpc) is 2.66. The van der Waals surface area contributed by atoms with Gasteiger partial charge in [-0.05, 0) is 59.7 Å². The molecule has 0 radical (unpaired) electrons. The fraction of sp³-hybridized carbons (Fsp3) is 0.0435. The zero-order valence-electron chi connectivity index (χ0n) is 14.2. The molecule has 0 aliphatic heterocycles. The van der Waals surface area contributed by atoms with Crippen LogP contribution >= 0.6 is 23.2 Å². The summed E-state index contributed by atoms with van der Waals surface area (Å²) in [5.74, 6) is -2.20. The molecule has 0 amide bonds. The molecule has 4 aromatic rings. The monoisotopic (exact) mass is 429 g/mol. The maximum atomic E-state index is 14.0.